The molecule has 1 unspecified atom stereocenters. The molecule has 0 bridgehead atoms. The number of fused-ring (bicyclic) bond motifs is 1. The van der Waals surface area contributed by atoms with Crippen molar-refractivity contribution in [2.24, 2.45) is 5.92 Å². The summed E-state index contributed by atoms with van der Waals surface area (Å²) >= 11 is 0. The number of carbonyl (C=O) groups is 2. The van der Waals surface area contributed by atoms with Crippen molar-refractivity contribution in [2.45, 2.75) is 25.7 Å². The number of carbonyl (C=O) groups excluding carboxylic acids is 2. The summed E-state index contributed by atoms with van der Waals surface area (Å²) in [6.07, 6.45) is 10.0. The number of nitrogens with zero attached hydrogens (tertiary/aromatic N) is 6. The second-order valence-corrected chi connectivity index (χ2v) is 7.93. The second kappa shape index (κ2) is 8.56. The highest BCUT2D eigenvalue weighted by Crippen LogP contribution is 2.31. The molecular weight excluding hydrogens is 392 g/mol. The third-order valence-corrected chi connectivity index (χ3v) is 5.20. The Morgan fingerprint density at radius 1 is 1.23 bits per heavy atom. The number of amides is 2. The van der Waals surface area contributed by atoms with Crippen molar-refractivity contribution in [1.29, 1.82) is 5.26 Å². The van der Waals surface area contributed by atoms with Gasteiger partial charge < -0.3 is 9.80 Å². The minimum absolute atomic E-state index is 0.107. The maximum atomic E-state index is 12.4. The molecule has 31 heavy (non-hydrogen) atoms. The fourth-order valence-corrected chi connectivity index (χ4v) is 3.36. The topological polar surface area (TPSA) is 94.6 Å². The molecule has 0 spiro atoms. The molecule has 1 aliphatic carbocycles. The van der Waals surface area contributed by atoms with Crippen molar-refractivity contribution in [3.8, 4) is 17.3 Å². The molecule has 158 valence electrons. The first-order valence-electron chi connectivity index (χ1n) is 10.4. The first-order valence-corrected chi connectivity index (χ1v) is 10.4. The van der Waals surface area contributed by atoms with Crippen LogP contribution in [0.4, 0.5) is 5.69 Å². The normalized spacial score (nSPS) is 17.1. The number of aromatic nitrogens is 3. The van der Waals surface area contributed by atoms with Crippen LogP contribution < -0.4 is 4.90 Å². The van der Waals surface area contributed by atoms with E-state index in [9.17, 15) is 9.59 Å². The molecule has 0 N–H and O–H groups in total. The van der Waals surface area contributed by atoms with Crippen LogP contribution in [0.1, 0.15) is 36.0 Å². The Hall–Kier alpha value is -3.73. The van der Waals surface area contributed by atoms with Gasteiger partial charge in [0.1, 0.15) is 5.92 Å². The maximum Gasteiger partial charge on any atom is 0.254 e. The van der Waals surface area contributed by atoms with E-state index in [1.807, 2.05) is 12.3 Å². The Kier molecular flexibility index (Phi) is 5.67. The number of nitriles is 1. The van der Waals surface area contributed by atoms with E-state index in [-0.39, 0.29) is 11.8 Å². The summed E-state index contributed by atoms with van der Waals surface area (Å²) in [5, 5.41) is 13.4. The Morgan fingerprint density at radius 3 is 2.58 bits per heavy atom. The third-order valence-electron chi connectivity index (χ3n) is 5.20. The zero-order chi connectivity index (χ0) is 22.0. The van der Waals surface area contributed by atoms with Crippen LogP contribution in [-0.4, -0.2) is 52.0 Å². The average molecular weight is 416 g/mol. The van der Waals surface area contributed by atoms with Crippen molar-refractivity contribution < 1.29 is 9.59 Å². The fourth-order valence-electron chi connectivity index (χ4n) is 3.36. The van der Waals surface area contributed by atoms with E-state index in [0.29, 0.717) is 24.2 Å². The molecule has 1 saturated heterocycles. The summed E-state index contributed by atoms with van der Waals surface area (Å²) in [6, 6.07) is 9.28. The van der Waals surface area contributed by atoms with Gasteiger partial charge in [-0.25, -0.2) is 4.52 Å². The monoisotopic (exact) mass is 416 g/mol. The molecule has 1 saturated carbocycles. The van der Waals surface area contributed by atoms with Crippen LogP contribution in [0.25, 0.3) is 16.8 Å². The van der Waals surface area contributed by atoms with Gasteiger partial charge in [-0.05, 0) is 30.7 Å². The SMILES string of the molecule is C1CC1.CN(C)C(=O)c1ccc(-c2cc3c(N4CCC(C#N)C4=O)ccnn3c2)nc1. The molecule has 2 amide bonds. The predicted molar refractivity (Wildman–Crippen MR) is 116 cm³/mol. The number of anilines is 1. The van der Waals surface area contributed by atoms with Gasteiger partial charge in [-0.2, -0.15) is 10.4 Å². The van der Waals surface area contributed by atoms with Crippen LogP contribution in [0.3, 0.4) is 0 Å². The average Bonchev–Trinajstić information content (AvgIpc) is 3.53. The maximum absolute atomic E-state index is 12.4. The summed E-state index contributed by atoms with van der Waals surface area (Å²) in [7, 11) is 3.39. The standard InChI is InChI=1S/C20H18N6O2.C3H6/c1-24(2)19(27)14-3-4-16(22-11-14)15-9-18-17(5-7-23-26(18)12-15)25-8-6-13(10-21)20(25)28;1-2-3-1/h3-5,7,9,11-13H,6,8H2,1-2H3;1-3H2. The molecule has 4 heterocycles. The molecule has 8 heteroatoms. The van der Waals surface area contributed by atoms with Crippen molar-refractivity contribution in [3.05, 3.63) is 48.4 Å². The molecule has 1 aliphatic heterocycles. The van der Waals surface area contributed by atoms with Crippen molar-refractivity contribution in [3.63, 3.8) is 0 Å². The molecule has 3 aromatic heterocycles. The zero-order valence-electron chi connectivity index (χ0n) is 17.7. The van der Waals surface area contributed by atoms with E-state index in [4.69, 9.17) is 5.26 Å². The van der Waals surface area contributed by atoms with Crippen LogP contribution in [-0.2, 0) is 4.79 Å². The first kappa shape index (κ1) is 20.5. The number of hydrogen-bond donors (Lipinski definition) is 0. The molecule has 0 aromatic carbocycles. The van der Waals surface area contributed by atoms with Crippen LogP contribution in [0.15, 0.2) is 42.9 Å². The van der Waals surface area contributed by atoms with E-state index < -0.39 is 5.92 Å². The lowest BCUT2D eigenvalue weighted by Crippen LogP contribution is -2.27. The van der Waals surface area contributed by atoms with Gasteiger partial charge in [-0.1, -0.05) is 19.3 Å². The molecule has 0 radical (unpaired) electrons. The van der Waals surface area contributed by atoms with Crippen molar-refractivity contribution in [1.82, 2.24) is 19.5 Å². The number of hydrogen-bond acceptors (Lipinski definition) is 5. The highest BCUT2D eigenvalue weighted by molar-refractivity contribution is 6.02. The summed E-state index contributed by atoms with van der Waals surface area (Å²) < 4.78 is 1.69. The molecule has 5 rings (SSSR count). The predicted octanol–water partition coefficient (Wildman–Crippen LogP) is 3.14. The molecule has 1 atom stereocenters. The summed E-state index contributed by atoms with van der Waals surface area (Å²) in [4.78, 5) is 32.0. The van der Waals surface area contributed by atoms with E-state index in [2.05, 4.69) is 16.2 Å². The van der Waals surface area contributed by atoms with Crippen molar-refractivity contribution >= 4 is 23.0 Å². The minimum Gasteiger partial charge on any atom is -0.345 e. The lowest BCUT2D eigenvalue weighted by molar-refractivity contribution is -0.118. The smallest absolute Gasteiger partial charge is 0.254 e. The Morgan fingerprint density at radius 2 is 2.00 bits per heavy atom. The highest BCUT2D eigenvalue weighted by atomic mass is 16.2. The van der Waals surface area contributed by atoms with Gasteiger partial charge >= 0.3 is 0 Å². The summed E-state index contributed by atoms with van der Waals surface area (Å²) in [5.74, 6) is -0.876. The van der Waals surface area contributed by atoms with Gasteiger partial charge in [0.25, 0.3) is 5.91 Å². The van der Waals surface area contributed by atoms with E-state index >= 15 is 0 Å². The van der Waals surface area contributed by atoms with Gasteiger partial charge in [-0.15, -0.1) is 0 Å². The Bertz CT molecular complexity index is 1150. The zero-order valence-corrected chi connectivity index (χ0v) is 17.7. The quantitative estimate of drug-likeness (QED) is 0.654. The molecule has 3 aromatic rings. The van der Waals surface area contributed by atoms with E-state index in [1.54, 1.807) is 54.1 Å². The first-order chi connectivity index (χ1) is 15.0. The van der Waals surface area contributed by atoms with Gasteiger partial charge in [-0.3, -0.25) is 14.6 Å². The molecule has 2 aliphatic rings. The highest BCUT2D eigenvalue weighted by Gasteiger charge is 2.33. The lowest BCUT2D eigenvalue weighted by Gasteiger charge is -2.16. The van der Waals surface area contributed by atoms with E-state index in [0.717, 1.165) is 16.8 Å². The van der Waals surface area contributed by atoms with Crippen LogP contribution in [0.5, 0.6) is 0 Å². The Balaban J connectivity index is 0.000000710. The lowest BCUT2D eigenvalue weighted by atomic mass is 10.1. The molecule has 8 nitrogen and oxygen atoms in total. The minimum atomic E-state index is -0.592. The molecule has 2 fully saturated rings. The third kappa shape index (κ3) is 4.26. The summed E-state index contributed by atoms with van der Waals surface area (Å²) in [6.45, 7) is 0.511. The molecular formula is C23H24N6O2. The Labute approximate surface area is 180 Å². The van der Waals surface area contributed by atoms with Gasteiger partial charge in [0.05, 0.1) is 28.5 Å². The van der Waals surface area contributed by atoms with Gasteiger partial charge in [0.15, 0.2) is 0 Å². The van der Waals surface area contributed by atoms with Crippen LogP contribution >= 0.6 is 0 Å². The summed E-state index contributed by atoms with van der Waals surface area (Å²) in [5.41, 5.74) is 3.53. The van der Waals surface area contributed by atoms with Crippen LogP contribution in [0, 0.1) is 17.2 Å². The van der Waals surface area contributed by atoms with Crippen molar-refractivity contribution in [2.75, 3.05) is 25.5 Å². The van der Waals surface area contributed by atoms with Gasteiger partial charge in [0, 0.05) is 44.8 Å². The number of pyridine rings is 1. The number of rotatable bonds is 3. The fraction of sp³-hybridized carbons (Fsp3) is 0.348. The van der Waals surface area contributed by atoms with Crippen LogP contribution in [0.2, 0.25) is 0 Å². The van der Waals surface area contributed by atoms with E-state index in [1.165, 1.54) is 24.2 Å². The van der Waals surface area contributed by atoms with Gasteiger partial charge in [0.2, 0.25) is 5.91 Å². The largest absolute Gasteiger partial charge is 0.345 e. The second-order valence-electron chi connectivity index (χ2n) is 7.93.